The molecule has 19 heavy (non-hydrogen) atoms. The molecule has 0 aliphatic heterocycles. The van der Waals surface area contributed by atoms with Crippen LogP contribution in [0.25, 0.3) is 10.9 Å². The molecule has 0 radical (unpaired) electrons. The van der Waals surface area contributed by atoms with E-state index in [1.807, 2.05) is 36.4 Å². The number of aryl methyl sites for hydroxylation is 1. The number of aromatic hydroxyl groups is 1. The van der Waals surface area contributed by atoms with Gasteiger partial charge in [0.1, 0.15) is 11.3 Å². The lowest BCUT2D eigenvalue weighted by molar-refractivity contribution is 0.480. The van der Waals surface area contributed by atoms with Gasteiger partial charge >= 0.3 is 0 Å². The van der Waals surface area contributed by atoms with E-state index in [1.54, 1.807) is 12.3 Å². The van der Waals surface area contributed by atoms with Crippen molar-refractivity contribution < 1.29 is 5.11 Å². The summed E-state index contributed by atoms with van der Waals surface area (Å²) in [7, 11) is 0. The van der Waals surface area contributed by atoms with Gasteiger partial charge in [0.2, 0.25) is 0 Å². The second-order valence-electron chi connectivity index (χ2n) is 4.47. The zero-order valence-electron chi connectivity index (χ0n) is 10.6. The Morgan fingerprint density at radius 1 is 0.947 bits per heavy atom. The molecule has 0 unspecified atom stereocenters. The molecule has 3 heteroatoms. The van der Waals surface area contributed by atoms with Crippen molar-refractivity contribution >= 4 is 22.3 Å². The van der Waals surface area contributed by atoms with E-state index >= 15 is 0 Å². The molecule has 0 amide bonds. The van der Waals surface area contributed by atoms with Gasteiger partial charge in [0.05, 0.1) is 0 Å². The average molecular weight is 250 g/mol. The summed E-state index contributed by atoms with van der Waals surface area (Å²) >= 11 is 0. The number of nitrogens with one attached hydrogen (secondary N) is 1. The molecule has 94 valence electrons. The summed E-state index contributed by atoms with van der Waals surface area (Å²) in [4.78, 5) is 4.22. The van der Waals surface area contributed by atoms with Crippen molar-refractivity contribution in [2.24, 2.45) is 0 Å². The molecule has 0 fully saturated rings. The first-order valence-electron chi connectivity index (χ1n) is 6.15. The highest BCUT2D eigenvalue weighted by Crippen LogP contribution is 2.30. The van der Waals surface area contributed by atoms with Crippen LogP contribution in [0.2, 0.25) is 0 Å². The van der Waals surface area contributed by atoms with Crippen LogP contribution in [0.5, 0.6) is 5.75 Å². The van der Waals surface area contributed by atoms with Gasteiger partial charge in [-0.3, -0.25) is 4.98 Å². The Morgan fingerprint density at radius 3 is 2.63 bits per heavy atom. The lowest BCUT2D eigenvalue weighted by Gasteiger charge is -2.11. The molecule has 3 aromatic rings. The third kappa shape index (κ3) is 2.10. The molecule has 1 aromatic heterocycles. The topological polar surface area (TPSA) is 45.2 Å². The molecule has 0 aliphatic carbocycles. The largest absolute Gasteiger partial charge is 0.506 e. The lowest BCUT2D eigenvalue weighted by Crippen LogP contribution is -1.94. The molecular weight excluding hydrogens is 236 g/mol. The fourth-order valence-electron chi connectivity index (χ4n) is 2.13. The monoisotopic (exact) mass is 250 g/mol. The quantitative estimate of drug-likeness (QED) is 0.722. The van der Waals surface area contributed by atoms with Gasteiger partial charge in [0.25, 0.3) is 0 Å². The Labute approximate surface area is 111 Å². The maximum Gasteiger partial charge on any atom is 0.141 e. The van der Waals surface area contributed by atoms with Crippen molar-refractivity contribution in [2.45, 2.75) is 6.92 Å². The summed E-state index contributed by atoms with van der Waals surface area (Å²) < 4.78 is 0. The van der Waals surface area contributed by atoms with Crippen LogP contribution < -0.4 is 5.32 Å². The fourth-order valence-corrected chi connectivity index (χ4v) is 2.13. The number of para-hydroxylation sites is 2. The molecule has 0 saturated carbocycles. The van der Waals surface area contributed by atoms with Gasteiger partial charge < -0.3 is 10.4 Å². The smallest absolute Gasteiger partial charge is 0.141 e. The fraction of sp³-hybridized carbons (Fsp3) is 0.0625. The van der Waals surface area contributed by atoms with Crippen molar-refractivity contribution in [1.29, 1.82) is 0 Å². The summed E-state index contributed by atoms with van der Waals surface area (Å²) in [6.07, 6.45) is 1.70. The highest BCUT2D eigenvalue weighted by molar-refractivity contribution is 5.96. The third-order valence-electron chi connectivity index (χ3n) is 3.16. The maximum absolute atomic E-state index is 9.83. The highest BCUT2D eigenvalue weighted by Gasteiger charge is 2.06. The minimum absolute atomic E-state index is 0.200. The van der Waals surface area contributed by atoms with E-state index in [0.29, 0.717) is 5.52 Å². The molecule has 0 spiro atoms. The summed E-state index contributed by atoms with van der Waals surface area (Å²) in [6.45, 7) is 2.06. The molecule has 3 nitrogen and oxygen atoms in total. The molecule has 0 aliphatic rings. The van der Waals surface area contributed by atoms with Crippen LogP contribution in [-0.4, -0.2) is 10.1 Å². The first-order chi connectivity index (χ1) is 9.25. The summed E-state index contributed by atoms with van der Waals surface area (Å²) in [5.74, 6) is 0.200. The number of hydrogen-bond donors (Lipinski definition) is 2. The van der Waals surface area contributed by atoms with Crippen LogP contribution in [0, 0.1) is 6.92 Å². The van der Waals surface area contributed by atoms with E-state index in [9.17, 15) is 5.11 Å². The predicted molar refractivity (Wildman–Crippen MR) is 77.9 cm³/mol. The van der Waals surface area contributed by atoms with Gasteiger partial charge in [-0.25, -0.2) is 0 Å². The standard InChI is InChI=1S/C16H14N2O/c1-11-5-2-3-7-13(11)18-14-9-10-17-16-12(14)6-4-8-15(16)19/h2-10,19H,1H3,(H,17,18). The lowest BCUT2D eigenvalue weighted by atomic mass is 10.1. The number of rotatable bonds is 2. The van der Waals surface area contributed by atoms with E-state index in [2.05, 4.69) is 23.3 Å². The van der Waals surface area contributed by atoms with Crippen LogP contribution in [0.4, 0.5) is 11.4 Å². The van der Waals surface area contributed by atoms with Crippen LogP contribution in [0.15, 0.2) is 54.7 Å². The molecule has 1 heterocycles. The van der Waals surface area contributed by atoms with Crippen LogP contribution in [0.3, 0.4) is 0 Å². The molecule has 0 bridgehead atoms. The first kappa shape index (κ1) is 11.5. The number of aromatic nitrogens is 1. The van der Waals surface area contributed by atoms with Crippen molar-refractivity contribution in [3.05, 3.63) is 60.3 Å². The number of phenols is 1. The van der Waals surface area contributed by atoms with Gasteiger partial charge in [-0.05, 0) is 30.7 Å². The summed E-state index contributed by atoms with van der Waals surface area (Å²) in [5.41, 5.74) is 3.78. The van der Waals surface area contributed by atoms with Gasteiger partial charge in [-0.2, -0.15) is 0 Å². The summed E-state index contributed by atoms with van der Waals surface area (Å²) in [5, 5.41) is 14.1. The second-order valence-corrected chi connectivity index (χ2v) is 4.47. The maximum atomic E-state index is 9.83. The molecular formula is C16H14N2O. The first-order valence-corrected chi connectivity index (χ1v) is 6.15. The Morgan fingerprint density at radius 2 is 1.79 bits per heavy atom. The molecule has 2 aromatic carbocycles. The predicted octanol–water partition coefficient (Wildman–Crippen LogP) is 3.99. The van der Waals surface area contributed by atoms with Crippen molar-refractivity contribution in [2.75, 3.05) is 5.32 Å². The zero-order valence-corrected chi connectivity index (χ0v) is 10.6. The SMILES string of the molecule is Cc1ccccc1Nc1ccnc2c(O)cccc12. The number of phenolic OH excluding ortho intramolecular Hbond substituents is 1. The van der Waals surface area contributed by atoms with E-state index in [4.69, 9.17) is 0 Å². The molecule has 0 atom stereocenters. The Balaban J connectivity index is 2.12. The van der Waals surface area contributed by atoms with Crippen LogP contribution >= 0.6 is 0 Å². The van der Waals surface area contributed by atoms with Gasteiger partial charge in [0, 0.05) is 23.0 Å². The van der Waals surface area contributed by atoms with Crippen molar-refractivity contribution in [3.8, 4) is 5.75 Å². The van der Waals surface area contributed by atoms with Gasteiger partial charge in [-0.15, -0.1) is 0 Å². The van der Waals surface area contributed by atoms with E-state index in [-0.39, 0.29) is 5.75 Å². The molecule has 0 saturated heterocycles. The van der Waals surface area contributed by atoms with Gasteiger partial charge in [-0.1, -0.05) is 30.3 Å². The van der Waals surface area contributed by atoms with Gasteiger partial charge in [0.15, 0.2) is 0 Å². The van der Waals surface area contributed by atoms with E-state index in [0.717, 1.165) is 16.8 Å². The zero-order chi connectivity index (χ0) is 13.2. The Kier molecular flexibility index (Phi) is 2.80. The highest BCUT2D eigenvalue weighted by atomic mass is 16.3. The number of nitrogens with zero attached hydrogens (tertiary/aromatic N) is 1. The van der Waals surface area contributed by atoms with Crippen molar-refractivity contribution in [1.82, 2.24) is 4.98 Å². The Hall–Kier alpha value is -2.55. The Bertz CT molecular complexity index is 738. The van der Waals surface area contributed by atoms with Crippen LogP contribution in [0.1, 0.15) is 5.56 Å². The number of pyridine rings is 1. The van der Waals surface area contributed by atoms with E-state index < -0.39 is 0 Å². The summed E-state index contributed by atoms with van der Waals surface area (Å²) in [6, 6.07) is 15.4. The number of anilines is 2. The molecule has 2 N–H and O–H groups in total. The second kappa shape index (κ2) is 4.61. The third-order valence-corrected chi connectivity index (χ3v) is 3.16. The molecule has 3 rings (SSSR count). The minimum Gasteiger partial charge on any atom is -0.506 e. The van der Waals surface area contributed by atoms with E-state index in [1.165, 1.54) is 5.56 Å². The number of hydrogen-bond acceptors (Lipinski definition) is 3. The van der Waals surface area contributed by atoms with Crippen molar-refractivity contribution in [3.63, 3.8) is 0 Å². The average Bonchev–Trinajstić information content (AvgIpc) is 2.42. The number of benzene rings is 2. The minimum atomic E-state index is 0.200. The van der Waals surface area contributed by atoms with Crippen LogP contribution in [-0.2, 0) is 0 Å². The number of fused-ring (bicyclic) bond motifs is 1. The normalized spacial score (nSPS) is 10.6.